The van der Waals surface area contributed by atoms with Gasteiger partial charge in [0.25, 0.3) is 0 Å². The summed E-state index contributed by atoms with van der Waals surface area (Å²) >= 11 is 0. The lowest BCUT2D eigenvalue weighted by molar-refractivity contribution is -0.139. The summed E-state index contributed by atoms with van der Waals surface area (Å²) in [6, 6.07) is -1.06. The highest BCUT2D eigenvalue weighted by molar-refractivity contribution is 5.87. The standard InChI is InChI=1S/C13H22N2O5/c1-13(2,3)20-12(19)15-9(11(17)18)7-5-6-8-10(16)14-4/h6,8-9H,5,7H2,1-4H3,(H,14,16)(H,15,19)(H,17,18)/b8-6+/t9-/m0/s1. The van der Waals surface area contributed by atoms with Crippen molar-refractivity contribution in [2.45, 2.75) is 45.3 Å². The van der Waals surface area contributed by atoms with Crippen molar-refractivity contribution in [3.05, 3.63) is 12.2 Å². The Hall–Kier alpha value is -2.05. The quantitative estimate of drug-likeness (QED) is 0.633. The van der Waals surface area contributed by atoms with Gasteiger partial charge >= 0.3 is 12.1 Å². The van der Waals surface area contributed by atoms with E-state index in [0.29, 0.717) is 6.42 Å². The number of nitrogens with one attached hydrogen (secondary N) is 2. The molecule has 0 fully saturated rings. The van der Waals surface area contributed by atoms with Gasteiger partial charge in [0.15, 0.2) is 0 Å². The van der Waals surface area contributed by atoms with Crippen LogP contribution >= 0.6 is 0 Å². The SMILES string of the molecule is CNC(=O)/C=C/CC[C@H](NC(=O)OC(C)(C)C)C(=O)O. The van der Waals surface area contributed by atoms with E-state index in [4.69, 9.17) is 9.84 Å². The second-order valence-corrected chi connectivity index (χ2v) is 5.13. The zero-order chi connectivity index (χ0) is 15.8. The number of carboxylic acid groups (broad SMARTS) is 1. The number of aliphatic carboxylic acids is 1. The maximum absolute atomic E-state index is 11.5. The number of carbonyl (C=O) groups is 3. The van der Waals surface area contributed by atoms with E-state index in [1.165, 1.54) is 13.1 Å². The average molecular weight is 286 g/mol. The van der Waals surface area contributed by atoms with Gasteiger partial charge in [0, 0.05) is 7.05 Å². The van der Waals surface area contributed by atoms with Gasteiger partial charge < -0.3 is 20.5 Å². The number of alkyl carbamates (subject to hydrolysis) is 1. The first-order valence-corrected chi connectivity index (χ1v) is 6.26. The summed E-state index contributed by atoms with van der Waals surface area (Å²) in [4.78, 5) is 33.4. The highest BCUT2D eigenvalue weighted by Crippen LogP contribution is 2.08. The number of likely N-dealkylation sites (N-methyl/N-ethyl adjacent to an activating group) is 1. The first-order valence-electron chi connectivity index (χ1n) is 6.26. The largest absolute Gasteiger partial charge is 0.480 e. The molecule has 0 unspecified atom stereocenters. The second-order valence-electron chi connectivity index (χ2n) is 5.13. The predicted octanol–water partition coefficient (Wildman–Crippen LogP) is 1.05. The molecule has 0 aromatic heterocycles. The van der Waals surface area contributed by atoms with Crippen LogP contribution in [-0.4, -0.2) is 41.8 Å². The van der Waals surface area contributed by atoms with Gasteiger partial charge in [-0.05, 0) is 39.7 Å². The molecule has 7 heteroatoms. The number of rotatable bonds is 6. The minimum atomic E-state index is -1.15. The van der Waals surface area contributed by atoms with E-state index in [1.54, 1.807) is 26.8 Å². The van der Waals surface area contributed by atoms with E-state index in [1.807, 2.05) is 0 Å². The highest BCUT2D eigenvalue weighted by Gasteiger charge is 2.23. The molecule has 2 amide bonds. The van der Waals surface area contributed by atoms with Gasteiger partial charge in [-0.3, -0.25) is 4.79 Å². The van der Waals surface area contributed by atoms with Crippen molar-refractivity contribution >= 4 is 18.0 Å². The van der Waals surface area contributed by atoms with Crippen LogP contribution in [0.25, 0.3) is 0 Å². The first kappa shape index (κ1) is 17.9. The van der Waals surface area contributed by atoms with Crippen molar-refractivity contribution < 1.29 is 24.2 Å². The zero-order valence-corrected chi connectivity index (χ0v) is 12.2. The summed E-state index contributed by atoms with van der Waals surface area (Å²) in [6.45, 7) is 5.07. The van der Waals surface area contributed by atoms with Crippen LogP contribution in [0.1, 0.15) is 33.6 Å². The molecule has 0 aliphatic carbocycles. The van der Waals surface area contributed by atoms with Gasteiger partial charge in [-0.15, -0.1) is 0 Å². The van der Waals surface area contributed by atoms with E-state index in [9.17, 15) is 14.4 Å². The third-order valence-corrected chi connectivity index (χ3v) is 2.13. The average Bonchev–Trinajstić information content (AvgIpc) is 2.29. The molecule has 0 radical (unpaired) electrons. The molecule has 3 N–H and O–H groups in total. The topological polar surface area (TPSA) is 105 Å². The van der Waals surface area contributed by atoms with Crippen LogP contribution < -0.4 is 10.6 Å². The van der Waals surface area contributed by atoms with Crippen LogP contribution in [0, 0.1) is 0 Å². The van der Waals surface area contributed by atoms with Gasteiger partial charge in [0.05, 0.1) is 0 Å². The lowest BCUT2D eigenvalue weighted by Crippen LogP contribution is -2.43. The molecule has 1 atom stereocenters. The number of carbonyl (C=O) groups excluding carboxylic acids is 2. The molecule has 0 saturated heterocycles. The summed E-state index contributed by atoms with van der Waals surface area (Å²) in [5.41, 5.74) is -0.688. The summed E-state index contributed by atoms with van der Waals surface area (Å²) in [5, 5.41) is 13.7. The predicted molar refractivity (Wildman–Crippen MR) is 73.2 cm³/mol. The zero-order valence-electron chi connectivity index (χ0n) is 12.2. The van der Waals surface area contributed by atoms with Gasteiger partial charge in [-0.25, -0.2) is 9.59 Å². The van der Waals surface area contributed by atoms with Crippen molar-refractivity contribution in [1.82, 2.24) is 10.6 Å². The molecule has 0 saturated carbocycles. The first-order chi connectivity index (χ1) is 9.15. The lowest BCUT2D eigenvalue weighted by atomic mass is 10.1. The fourth-order valence-electron chi connectivity index (χ4n) is 1.24. The number of ether oxygens (including phenoxy) is 1. The Labute approximate surface area is 118 Å². The molecule has 114 valence electrons. The monoisotopic (exact) mass is 286 g/mol. The second kappa shape index (κ2) is 8.19. The maximum Gasteiger partial charge on any atom is 0.408 e. The molecular formula is C13H22N2O5. The van der Waals surface area contributed by atoms with E-state index >= 15 is 0 Å². The van der Waals surface area contributed by atoms with Crippen molar-refractivity contribution in [3.63, 3.8) is 0 Å². The summed E-state index contributed by atoms with van der Waals surface area (Å²) < 4.78 is 4.98. The van der Waals surface area contributed by atoms with Crippen LogP contribution in [-0.2, 0) is 14.3 Å². The third kappa shape index (κ3) is 8.96. The van der Waals surface area contributed by atoms with E-state index < -0.39 is 23.7 Å². The molecule has 0 aliphatic rings. The smallest absolute Gasteiger partial charge is 0.408 e. The van der Waals surface area contributed by atoms with Crippen molar-refractivity contribution in [2.75, 3.05) is 7.05 Å². The van der Waals surface area contributed by atoms with E-state index in [0.717, 1.165) is 0 Å². The van der Waals surface area contributed by atoms with Crippen molar-refractivity contribution in [2.24, 2.45) is 0 Å². The molecule has 7 nitrogen and oxygen atoms in total. The molecular weight excluding hydrogens is 264 g/mol. The molecule has 20 heavy (non-hydrogen) atoms. The van der Waals surface area contributed by atoms with Crippen molar-refractivity contribution in [3.8, 4) is 0 Å². The molecule has 0 aliphatic heterocycles. The van der Waals surface area contributed by atoms with Gasteiger partial charge in [0.2, 0.25) is 5.91 Å². The Morgan fingerprint density at radius 1 is 1.30 bits per heavy atom. The highest BCUT2D eigenvalue weighted by atomic mass is 16.6. The molecule has 0 heterocycles. The van der Waals surface area contributed by atoms with Gasteiger partial charge in [-0.2, -0.15) is 0 Å². The Bertz CT molecular complexity index is 385. The van der Waals surface area contributed by atoms with Gasteiger partial charge in [-0.1, -0.05) is 6.08 Å². The molecule has 0 aromatic carbocycles. The third-order valence-electron chi connectivity index (χ3n) is 2.13. The molecule has 0 spiro atoms. The Morgan fingerprint density at radius 3 is 2.35 bits per heavy atom. The Balaban J connectivity index is 4.31. The fourth-order valence-corrected chi connectivity index (χ4v) is 1.24. The number of allylic oxidation sites excluding steroid dienone is 1. The molecule has 0 bridgehead atoms. The Kier molecular flexibility index (Phi) is 7.35. The lowest BCUT2D eigenvalue weighted by Gasteiger charge is -2.21. The summed E-state index contributed by atoms with van der Waals surface area (Å²) in [5.74, 6) is -1.42. The number of amides is 2. The molecule has 0 aromatic rings. The van der Waals surface area contributed by atoms with Crippen LogP contribution in [0.3, 0.4) is 0 Å². The minimum Gasteiger partial charge on any atom is -0.480 e. The number of hydrogen-bond acceptors (Lipinski definition) is 4. The van der Waals surface area contributed by atoms with Gasteiger partial charge in [0.1, 0.15) is 11.6 Å². The summed E-state index contributed by atoms with van der Waals surface area (Å²) in [6.07, 6.45) is 2.60. The van der Waals surface area contributed by atoms with Crippen molar-refractivity contribution in [1.29, 1.82) is 0 Å². The Morgan fingerprint density at radius 2 is 1.90 bits per heavy atom. The number of carboxylic acids is 1. The van der Waals surface area contributed by atoms with Crippen LogP contribution in [0.4, 0.5) is 4.79 Å². The fraction of sp³-hybridized carbons (Fsp3) is 0.615. The number of hydrogen-bond donors (Lipinski definition) is 3. The molecule has 0 rings (SSSR count). The van der Waals surface area contributed by atoms with Crippen LogP contribution in [0.2, 0.25) is 0 Å². The normalized spacial score (nSPS) is 12.8. The summed E-state index contributed by atoms with van der Waals surface area (Å²) in [7, 11) is 1.50. The minimum absolute atomic E-state index is 0.169. The van der Waals surface area contributed by atoms with E-state index in [-0.39, 0.29) is 12.3 Å². The maximum atomic E-state index is 11.5. The van der Waals surface area contributed by atoms with E-state index in [2.05, 4.69) is 10.6 Å². The van der Waals surface area contributed by atoms with Crippen LogP contribution in [0.15, 0.2) is 12.2 Å². The van der Waals surface area contributed by atoms with Crippen LogP contribution in [0.5, 0.6) is 0 Å².